The van der Waals surface area contributed by atoms with Crippen molar-refractivity contribution in [3.8, 4) is 0 Å². The van der Waals surface area contributed by atoms with Crippen LogP contribution in [0.1, 0.15) is 44.9 Å². The van der Waals surface area contributed by atoms with Gasteiger partial charge < -0.3 is 5.11 Å². The van der Waals surface area contributed by atoms with Crippen molar-refractivity contribution >= 4 is 5.97 Å². The molecule has 1 aliphatic heterocycles. The third-order valence-corrected chi connectivity index (χ3v) is 5.98. The average Bonchev–Trinajstić information content (AvgIpc) is 2.74. The zero-order valence-corrected chi connectivity index (χ0v) is 11.4. The summed E-state index contributed by atoms with van der Waals surface area (Å²) in [5, 5.41) is 12.2. The molecular weight excluding hydrogens is 238 g/mol. The zero-order valence-electron chi connectivity index (χ0n) is 11.4. The first-order chi connectivity index (χ1) is 9.12. The number of carboxylic acid groups (broad SMARTS) is 1. The van der Waals surface area contributed by atoms with Gasteiger partial charge in [-0.05, 0) is 68.1 Å². The topological polar surface area (TPSA) is 49.3 Å². The minimum absolute atomic E-state index is 0.441. The smallest absolute Gasteiger partial charge is 0.324 e. The van der Waals surface area contributed by atoms with Crippen molar-refractivity contribution in [1.29, 1.82) is 0 Å². The van der Waals surface area contributed by atoms with Crippen molar-refractivity contribution in [2.24, 2.45) is 23.2 Å². The quantitative estimate of drug-likeness (QED) is 0.768. The molecule has 4 saturated carbocycles. The highest BCUT2D eigenvalue weighted by Crippen LogP contribution is 2.62. The molecule has 104 valence electrons. The first-order valence-electron chi connectivity index (χ1n) is 7.78. The Morgan fingerprint density at radius 3 is 2.26 bits per heavy atom. The molecule has 1 atom stereocenters. The molecule has 0 radical (unpaired) electrons. The summed E-state index contributed by atoms with van der Waals surface area (Å²) < 4.78 is 0. The summed E-state index contributed by atoms with van der Waals surface area (Å²) in [5.41, 5.74) is 1.89. The second-order valence-corrected chi connectivity index (χ2v) is 7.62. The van der Waals surface area contributed by atoms with Gasteiger partial charge in [-0.25, -0.2) is 0 Å². The molecule has 0 spiro atoms. The lowest BCUT2D eigenvalue weighted by atomic mass is 9.48. The number of aliphatic carboxylic acids is 1. The van der Waals surface area contributed by atoms with Crippen LogP contribution in [0.4, 0.5) is 0 Å². The minimum atomic E-state index is -0.736. The Balaban J connectivity index is 1.51. The second kappa shape index (κ2) is 4.08. The summed E-state index contributed by atoms with van der Waals surface area (Å²) in [6.07, 6.45) is 11.8. The standard InChI is InChI=1S/C16H23NO2/c18-15(19)14-4-13(9-17-14)8-16-5-10-1-11(6-16)3-12(2-10)7-16/h4,10-12,14,17H,1-3,5-9H2,(H,18,19). The van der Waals surface area contributed by atoms with E-state index in [4.69, 9.17) is 5.11 Å². The highest BCUT2D eigenvalue weighted by atomic mass is 16.4. The van der Waals surface area contributed by atoms with Crippen LogP contribution in [0, 0.1) is 23.2 Å². The fraction of sp³-hybridized carbons (Fsp3) is 0.812. The molecule has 0 amide bonds. The van der Waals surface area contributed by atoms with E-state index in [1.165, 1.54) is 44.1 Å². The molecule has 0 aromatic rings. The Morgan fingerprint density at radius 1 is 1.21 bits per heavy atom. The van der Waals surface area contributed by atoms with E-state index in [0.29, 0.717) is 5.41 Å². The molecule has 0 aromatic heterocycles. The van der Waals surface area contributed by atoms with E-state index in [-0.39, 0.29) is 0 Å². The van der Waals surface area contributed by atoms with Gasteiger partial charge >= 0.3 is 5.97 Å². The van der Waals surface area contributed by atoms with Gasteiger partial charge in [0.2, 0.25) is 0 Å². The lowest BCUT2D eigenvalue weighted by molar-refractivity contribution is -0.137. The number of rotatable bonds is 3. The summed E-state index contributed by atoms with van der Waals surface area (Å²) >= 11 is 0. The van der Waals surface area contributed by atoms with E-state index < -0.39 is 12.0 Å². The average molecular weight is 261 g/mol. The first kappa shape index (κ1) is 12.0. The highest BCUT2D eigenvalue weighted by molar-refractivity contribution is 5.76. The highest BCUT2D eigenvalue weighted by Gasteiger charge is 2.50. The van der Waals surface area contributed by atoms with Crippen LogP contribution in [0.5, 0.6) is 0 Å². The minimum Gasteiger partial charge on any atom is -0.480 e. The Hall–Kier alpha value is -0.830. The van der Waals surface area contributed by atoms with Crippen LogP contribution in [0.2, 0.25) is 0 Å². The lowest BCUT2D eigenvalue weighted by Gasteiger charge is -2.57. The molecule has 0 aromatic carbocycles. The maximum atomic E-state index is 11.0. The second-order valence-electron chi connectivity index (χ2n) is 7.62. The largest absolute Gasteiger partial charge is 0.480 e. The van der Waals surface area contributed by atoms with E-state index in [1.807, 2.05) is 6.08 Å². The van der Waals surface area contributed by atoms with Gasteiger partial charge in [0, 0.05) is 6.54 Å². The lowest BCUT2D eigenvalue weighted by Crippen LogP contribution is -2.46. The van der Waals surface area contributed by atoms with Crippen molar-refractivity contribution in [2.45, 2.75) is 51.0 Å². The van der Waals surface area contributed by atoms with E-state index in [1.54, 1.807) is 0 Å². The molecule has 1 unspecified atom stereocenters. The van der Waals surface area contributed by atoms with Crippen LogP contribution in [0.15, 0.2) is 11.6 Å². The summed E-state index contributed by atoms with van der Waals surface area (Å²) in [4.78, 5) is 11.0. The number of carboxylic acids is 1. The third kappa shape index (κ3) is 2.03. The van der Waals surface area contributed by atoms with Gasteiger partial charge in [-0.15, -0.1) is 0 Å². The van der Waals surface area contributed by atoms with E-state index >= 15 is 0 Å². The van der Waals surface area contributed by atoms with Crippen molar-refractivity contribution in [2.75, 3.05) is 6.54 Å². The summed E-state index contributed by atoms with van der Waals surface area (Å²) in [7, 11) is 0. The third-order valence-electron chi connectivity index (χ3n) is 5.98. The van der Waals surface area contributed by atoms with Gasteiger partial charge in [0.25, 0.3) is 0 Å². The Morgan fingerprint density at radius 2 is 1.79 bits per heavy atom. The summed E-state index contributed by atoms with van der Waals surface area (Å²) in [6.45, 7) is 0.790. The SMILES string of the molecule is O=C(O)C1C=C(CC23CC4CC(CC(C4)C2)C3)CN1. The molecule has 5 rings (SSSR count). The normalized spacial score (nSPS) is 47.5. The van der Waals surface area contributed by atoms with Crippen molar-refractivity contribution < 1.29 is 9.90 Å². The van der Waals surface area contributed by atoms with Gasteiger partial charge in [0.05, 0.1) is 0 Å². The van der Waals surface area contributed by atoms with Crippen molar-refractivity contribution in [1.82, 2.24) is 5.32 Å². The zero-order chi connectivity index (χ0) is 13.0. The van der Waals surface area contributed by atoms with Crippen LogP contribution in [-0.4, -0.2) is 23.7 Å². The Kier molecular flexibility index (Phi) is 2.57. The molecule has 4 bridgehead atoms. The van der Waals surface area contributed by atoms with Gasteiger partial charge in [0.15, 0.2) is 0 Å². The predicted octanol–water partition coefficient (Wildman–Crippen LogP) is 2.58. The van der Waals surface area contributed by atoms with Gasteiger partial charge in [-0.1, -0.05) is 11.6 Å². The molecule has 4 aliphatic carbocycles. The van der Waals surface area contributed by atoms with Gasteiger partial charge in [-0.3, -0.25) is 10.1 Å². The molecule has 1 heterocycles. The molecule has 19 heavy (non-hydrogen) atoms. The van der Waals surface area contributed by atoms with Crippen molar-refractivity contribution in [3.05, 3.63) is 11.6 Å². The summed E-state index contributed by atoms with van der Waals surface area (Å²) in [6, 6.07) is -0.441. The molecule has 3 heteroatoms. The Bertz CT molecular complexity index is 405. The molecule has 3 nitrogen and oxygen atoms in total. The van der Waals surface area contributed by atoms with Crippen LogP contribution in [0.3, 0.4) is 0 Å². The molecule has 2 N–H and O–H groups in total. The molecular formula is C16H23NO2. The first-order valence-corrected chi connectivity index (χ1v) is 7.78. The maximum Gasteiger partial charge on any atom is 0.324 e. The van der Waals surface area contributed by atoms with E-state index in [9.17, 15) is 4.79 Å². The fourth-order valence-electron chi connectivity index (χ4n) is 5.86. The summed E-state index contributed by atoms with van der Waals surface area (Å²) in [5.74, 6) is 2.21. The Labute approximate surface area is 114 Å². The van der Waals surface area contributed by atoms with Crippen molar-refractivity contribution in [3.63, 3.8) is 0 Å². The predicted molar refractivity (Wildman–Crippen MR) is 72.7 cm³/mol. The molecule has 5 aliphatic rings. The van der Waals surface area contributed by atoms with Crippen LogP contribution in [0.25, 0.3) is 0 Å². The monoisotopic (exact) mass is 261 g/mol. The number of carbonyl (C=O) groups is 1. The maximum absolute atomic E-state index is 11.0. The van der Waals surface area contributed by atoms with Crippen LogP contribution < -0.4 is 5.32 Å². The van der Waals surface area contributed by atoms with E-state index in [0.717, 1.165) is 30.7 Å². The molecule has 0 saturated heterocycles. The van der Waals surface area contributed by atoms with Crippen LogP contribution in [-0.2, 0) is 4.79 Å². The van der Waals surface area contributed by atoms with Gasteiger partial charge in [-0.2, -0.15) is 0 Å². The molecule has 4 fully saturated rings. The van der Waals surface area contributed by atoms with Crippen LogP contribution >= 0.6 is 0 Å². The van der Waals surface area contributed by atoms with Gasteiger partial charge in [0.1, 0.15) is 6.04 Å². The number of hydrogen-bond acceptors (Lipinski definition) is 2. The fourth-order valence-corrected chi connectivity index (χ4v) is 5.86. The number of hydrogen-bond donors (Lipinski definition) is 2. The van der Waals surface area contributed by atoms with E-state index in [2.05, 4.69) is 5.32 Å². The number of nitrogens with one attached hydrogen (secondary N) is 1.